The first-order valence-electron chi connectivity index (χ1n) is 6.64. The van der Waals surface area contributed by atoms with E-state index >= 15 is 0 Å². The predicted octanol–water partition coefficient (Wildman–Crippen LogP) is 1.59. The van der Waals surface area contributed by atoms with Gasteiger partial charge in [-0.15, -0.1) is 5.10 Å². The van der Waals surface area contributed by atoms with Crippen LogP contribution in [0.2, 0.25) is 0 Å². The van der Waals surface area contributed by atoms with Crippen molar-refractivity contribution in [3.63, 3.8) is 0 Å². The number of nitriles is 1. The number of amidine groups is 1. The Morgan fingerprint density at radius 1 is 1.14 bits per heavy atom. The summed E-state index contributed by atoms with van der Waals surface area (Å²) in [5, 5.41) is 13.9. The van der Waals surface area contributed by atoms with Crippen molar-refractivity contribution in [2.45, 2.75) is 0 Å². The third kappa shape index (κ3) is 2.26. The highest BCUT2D eigenvalue weighted by atomic mass is 15.5. The maximum Gasteiger partial charge on any atom is 0.152 e. The molecule has 2 aromatic carbocycles. The van der Waals surface area contributed by atoms with E-state index in [0.29, 0.717) is 11.4 Å². The van der Waals surface area contributed by atoms with Gasteiger partial charge in [0.25, 0.3) is 0 Å². The van der Waals surface area contributed by atoms with E-state index in [-0.39, 0.29) is 0 Å². The number of hydrogen-bond acceptors (Lipinski definition) is 4. The van der Waals surface area contributed by atoms with Gasteiger partial charge in [0, 0.05) is 22.8 Å². The molecule has 0 bridgehead atoms. The van der Waals surface area contributed by atoms with Crippen LogP contribution in [0.25, 0.3) is 16.6 Å². The second-order valence-corrected chi connectivity index (χ2v) is 4.71. The van der Waals surface area contributed by atoms with Gasteiger partial charge >= 0.3 is 0 Å². The molecule has 0 aliphatic heterocycles. The first kappa shape index (κ1) is 13.7. The van der Waals surface area contributed by atoms with Gasteiger partial charge in [0.2, 0.25) is 0 Å². The summed E-state index contributed by atoms with van der Waals surface area (Å²) in [6.07, 6.45) is 1.83. The molecule has 0 aliphatic carbocycles. The molecule has 22 heavy (non-hydrogen) atoms. The Balaban J connectivity index is 2.09. The molecule has 108 valence electrons. The lowest BCUT2D eigenvalue weighted by molar-refractivity contribution is 0.804. The summed E-state index contributed by atoms with van der Waals surface area (Å²) in [5.41, 5.74) is 11.3. The minimum Gasteiger partial charge on any atom is -0.382 e. The predicted molar refractivity (Wildman–Crippen MR) is 86.0 cm³/mol. The number of nitrogens with two attached hydrogens (primary N) is 2. The Labute approximate surface area is 127 Å². The fraction of sp³-hybridized carbons (Fsp3) is 0. The smallest absolute Gasteiger partial charge is 0.152 e. The number of hydrazine groups is 1. The molecule has 0 atom stereocenters. The Kier molecular flexibility index (Phi) is 3.48. The summed E-state index contributed by atoms with van der Waals surface area (Å²) in [7, 11) is 0. The summed E-state index contributed by atoms with van der Waals surface area (Å²) < 4.78 is 1.98. The second kappa shape index (κ2) is 5.60. The topological polar surface area (TPSA) is 105 Å². The zero-order valence-electron chi connectivity index (χ0n) is 11.7. The minimum absolute atomic E-state index is 0.309. The molecule has 0 aliphatic rings. The molecule has 0 spiro atoms. The monoisotopic (exact) mass is 290 g/mol. The van der Waals surface area contributed by atoms with E-state index in [1.54, 1.807) is 0 Å². The van der Waals surface area contributed by atoms with Crippen LogP contribution in [0, 0.1) is 11.3 Å². The molecule has 0 saturated heterocycles. The molecule has 0 unspecified atom stereocenters. The van der Waals surface area contributed by atoms with Gasteiger partial charge in [0.05, 0.1) is 11.1 Å². The first-order chi connectivity index (χ1) is 10.7. The number of hydrazone groups is 1. The molecule has 3 aromatic rings. The zero-order valence-corrected chi connectivity index (χ0v) is 11.7. The fourth-order valence-corrected chi connectivity index (χ4v) is 2.41. The molecule has 6 heteroatoms. The van der Waals surface area contributed by atoms with E-state index in [4.69, 9.17) is 11.6 Å². The Hall–Kier alpha value is -3.30. The molecule has 6 nitrogen and oxygen atoms in total. The number of rotatable bonds is 3. The van der Waals surface area contributed by atoms with E-state index in [9.17, 15) is 5.26 Å². The SMILES string of the molecule is N#Cc1cn(-c2ccc(/C(N)=N/NN)cc2)c2ccccc12. The van der Waals surface area contributed by atoms with Gasteiger partial charge in [-0.2, -0.15) is 5.26 Å². The minimum atomic E-state index is 0.309. The van der Waals surface area contributed by atoms with Gasteiger partial charge in [-0.25, -0.2) is 11.4 Å². The highest BCUT2D eigenvalue weighted by Gasteiger charge is 2.09. The number of nitrogens with one attached hydrogen (secondary N) is 1. The van der Waals surface area contributed by atoms with Gasteiger partial charge in [-0.1, -0.05) is 18.2 Å². The maximum absolute atomic E-state index is 9.26. The molecular formula is C16H14N6. The van der Waals surface area contributed by atoms with Crippen LogP contribution in [0.1, 0.15) is 11.1 Å². The molecule has 0 fully saturated rings. The third-order valence-corrected chi connectivity index (χ3v) is 3.46. The first-order valence-corrected chi connectivity index (χ1v) is 6.64. The van der Waals surface area contributed by atoms with E-state index < -0.39 is 0 Å². The zero-order chi connectivity index (χ0) is 15.5. The van der Waals surface area contributed by atoms with Crippen molar-refractivity contribution in [1.29, 1.82) is 5.26 Å². The lowest BCUT2D eigenvalue weighted by Crippen LogP contribution is -2.22. The Bertz CT molecular complexity index is 883. The van der Waals surface area contributed by atoms with Crippen LogP contribution in [0.15, 0.2) is 59.8 Å². The molecule has 0 saturated carbocycles. The molecule has 5 N–H and O–H groups in total. The van der Waals surface area contributed by atoms with Crippen LogP contribution in [0.4, 0.5) is 0 Å². The van der Waals surface area contributed by atoms with Crippen molar-refractivity contribution in [1.82, 2.24) is 10.1 Å². The number of hydrogen-bond donors (Lipinski definition) is 3. The van der Waals surface area contributed by atoms with E-state index in [1.165, 1.54) is 0 Å². The van der Waals surface area contributed by atoms with Crippen LogP contribution in [0.3, 0.4) is 0 Å². The molecule has 3 rings (SSSR count). The summed E-state index contributed by atoms with van der Waals surface area (Å²) in [4.78, 5) is 0. The Morgan fingerprint density at radius 2 is 1.86 bits per heavy atom. The molecule has 0 radical (unpaired) electrons. The maximum atomic E-state index is 9.26. The molecule has 0 amide bonds. The largest absolute Gasteiger partial charge is 0.382 e. The van der Waals surface area contributed by atoms with Crippen molar-refractivity contribution >= 4 is 16.7 Å². The van der Waals surface area contributed by atoms with Crippen molar-refractivity contribution in [3.05, 3.63) is 65.9 Å². The van der Waals surface area contributed by atoms with Gasteiger partial charge in [0.1, 0.15) is 6.07 Å². The van der Waals surface area contributed by atoms with Crippen molar-refractivity contribution in [2.24, 2.45) is 16.7 Å². The number of nitrogens with zero attached hydrogens (tertiary/aromatic N) is 3. The summed E-state index contributed by atoms with van der Waals surface area (Å²) in [6, 6.07) is 17.6. The van der Waals surface area contributed by atoms with E-state index in [1.807, 2.05) is 59.3 Å². The second-order valence-electron chi connectivity index (χ2n) is 4.71. The van der Waals surface area contributed by atoms with Crippen LogP contribution in [-0.2, 0) is 0 Å². The van der Waals surface area contributed by atoms with E-state index in [0.717, 1.165) is 22.2 Å². The average molecular weight is 290 g/mol. The lowest BCUT2D eigenvalue weighted by Gasteiger charge is -2.07. The van der Waals surface area contributed by atoms with Crippen LogP contribution in [0.5, 0.6) is 0 Å². The van der Waals surface area contributed by atoms with Gasteiger partial charge < -0.3 is 10.3 Å². The van der Waals surface area contributed by atoms with Crippen LogP contribution < -0.4 is 17.1 Å². The Morgan fingerprint density at radius 3 is 2.55 bits per heavy atom. The van der Waals surface area contributed by atoms with Crippen molar-refractivity contribution in [2.75, 3.05) is 0 Å². The summed E-state index contributed by atoms with van der Waals surface area (Å²) in [5.74, 6) is 5.43. The quantitative estimate of drug-likeness (QED) is 0.295. The summed E-state index contributed by atoms with van der Waals surface area (Å²) in [6.45, 7) is 0. The third-order valence-electron chi connectivity index (χ3n) is 3.46. The number of para-hydroxylation sites is 1. The van der Waals surface area contributed by atoms with Gasteiger partial charge in [-0.3, -0.25) is 0 Å². The van der Waals surface area contributed by atoms with Crippen LogP contribution >= 0.6 is 0 Å². The highest BCUT2D eigenvalue weighted by molar-refractivity contribution is 5.97. The highest BCUT2D eigenvalue weighted by Crippen LogP contribution is 2.24. The fourth-order valence-electron chi connectivity index (χ4n) is 2.41. The summed E-state index contributed by atoms with van der Waals surface area (Å²) >= 11 is 0. The average Bonchev–Trinajstić information content (AvgIpc) is 2.94. The molecule has 1 aromatic heterocycles. The van der Waals surface area contributed by atoms with Gasteiger partial charge in [-0.05, 0) is 30.3 Å². The van der Waals surface area contributed by atoms with E-state index in [2.05, 4.69) is 16.7 Å². The number of fused-ring (bicyclic) bond motifs is 1. The normalized spacial score (nSPS) is 11.4. The van der Waals surface area contributed by atoms with Crippen molar-refractivity contribution < 1.29 is 0 Å². The van der Waals surface area contributed by atoms with Crippen LogP contribution in [-0.4, -0.2) is 10.4 Å². The molecular weight excluding hydrogens is 276 g/mol. The molecule has 1 heterocycles. The standard InChI is InChI=1S/C16H14N6/c17-9-12-10-22(15-4-2-1-3-14(12)15)13-7-5-11(6-8-13)16(18)20-21-19/h1-8,10,21H,19H2,(H2,18,20). The lowest BCUT2D eigenvalue weighted by atomic mass is 10.2. The van der Waals surface area contributed by atoms with Gasteiger partial charge in [0.15, 0.2) is 5.84 Å². The number of aromatic nitrogens is 1. The van der Waals surface area contributed by atoms with Crippen molar-refractivity contribution in [3.8, 4) is 11.8 Å². The number of benzene rings is 2.